The van der Waals surface area contributed by atoms with Gasteiger partial charge in [-0.3, -0.25) is 0 Å². The molecule has 1 aliphatic rings. The van der Waals surface area contributed by atoms with E-state index < -0.39 is 12.2 Å². The van der Waals surface area contributed by atoms with Crippen molar-refractivity contribution in [3.8, 4) is 0 Å². The van der Waals surface area contributed by atoms with Gasteiger partial charge in [0.2, 0.25) is 0 Å². The number of aryl methyl sites for hydroxylation is 1. The molecule has 0 spiro atoms. The lowest BCUT2D eigenvalue weighted by atomic mass is 10.3. The van der Waals surface area contributed by atoms with Gasteiger partial charge in [-0.1, -0.05) is 0 Å². The third kappa shape index (κ3) is 2.39. The summed E-state index contributed by atoms with van der Waals surface area (Å²) >= 11 is 0. The van der Waals surface area contributed by atoms with Crippen molar-refractivity contribution < 1.29 is 10.2 Å². The summed E-state index contributed by atoms with van der Waals surface area (Å²) in [5.41, 5.74) is 0.948. The molecule has 0 saturated carbocycles. The van der Waals surface area contributed by atoms with Crippen molar-refractivity contribution >= 4 is 11.6 Å². The molecule has 6 heteroatoms. The van der Waals surface area contributed by atoms with Crippen LogP contribution in [0, 0.1) is 13.8 Å². The number of nitrogens with zero attached hydrogens (tertiary/aromatic N) is 3. The van der Waals surface area contributed by atoms with Crippen LogP contribution in [0.4, 0.5) is 11.6 Å². The smallest absolute Gasteiger partial charge is 0.137 e. The van der Waals surface area contributed by atoms with Gasteiger partial charge in [0, 0.05) is 25.2 Å². The molecule has 0 aliphatic carbocycles. The summed E-state index contributed by atoms with van der Waals surface area (Å²) in [4.78, 5) is 10.7. The number of hydrogen-bond donors (Lipinski definition) is 3. The Labute approximate surface area is 107 Å². The average Bonchev–Trinajstić information content (AvgIpc) is 2.64. The highest BCUT2D eigenvalue weighted by molar-refractivity contribution is 5.59. The Balaban J connectivity index is 2.33. The predicted molar refractivity (Wildman–Crippen MR) is 69.9 cm³/mol. The van der Waals surface area contributed by atoms with Crippen LogP contribution in [0.25, 0.3) is 0 Å². The van der Waals surface area contributed by atoms with Crippen molar-refractivity contribution in [2.45, 2.75) is 33.0 Å². The first-order valence-electron chi connectivity index (χ1n) is 6.23. The molecular weight excluding hydrogens is 232 g/mol. The van der Waals surface area contributed by atoms with Gasteiger partial charge in [0.25, 0.3) is 0 Å². The first-order chi connectivity index (χ1) is 8.52. The Bertz CT molecular complexity index is 428. The highest BCUT2D eigenvalue weighted by Gasteiger charge is 2.31. The van der Waals surface area contributed by atoms with E-state index >= 15 is 0 Å². The van der Waals surface area contributed by atoms with E-state index in [4.69, 9.17) is 0 Å². The summed E-state index contributed by atoms with van der Waals surface area (Å²) in [7, 11) is 0. The molecule has 1 aromatic rings. The van der Waals surface area contributed by atoms with Gasteiger partial charge in [-0.25, -0.2) is 9.97 Å². The quantitative estimate of drug-likeness (QED) is 0.706. The van der Waals surface area contributed by atoms with Crippen LogP contribution in [0.3, 0.4) is 0 Å². The van der Waals surface area contributed by atoms with E-state index in [-0.39, 0.29) is 0 Å². The molecule has 0 radical (unpaired) electrons. The number of aliphatic hydroxyl groups excluding tert-OH is 2. The van der Waals surface area contributed by atoms with E-state index in [1.165, 1.54) is 0 Å². The van der Waals surface area contributed by atoms with Crippen LogP contribution >= 0.6 is 0 Å². The van der Waals surface area contributed by atoms with Crippen LogP contribution in [0.2, 0.25) is 0 Å². The molecule has 2 rings (SSSR count). The molecule has 2 unspecified atom stereocenters. The monoisotopic (exact) mass is 252 g/mol. The molecule has 2 atom stereocenters. The van der Waals surface area contributed by atoms with Gasteiger partial charge < -0.3 is 20.4 Å². The summed E-state index contributed by atoms with van der Waals surface area (Å²) < 4.78 is 0. The molecule has 1 fully saturated rings. The van der Waals surface area contributed by atoms with Crippen LogP contribution in [0.5, 0.6) is 0 Å². The molecule has 100 valence electrons. The van der Waals surface area contributed by atoms with Crippen molar-refractivity contribution in [1.29, 1.82) is 0 Å². The number of β-amino-alcohol motifs (C(OH)–C–C–N with tert-alkyl or cyclic N) is 2. The molecule has 0 bridgehead atoms. The van der Waals surface area contributed by atoms with Crippen LogP contribution in [0.1, 0.15) is 18.3 Å². The molecule has 2 heterocycles. The molecule has 1 saturated heterocycles. The summed E-state index contributed by atoms with van der Waals surface area (Å²) in [6, 6.07) is 0. The van der Waals surface area contributed by atoms with E-state index in [9.17, 15) is 10.2 Å². The van der Waals surface area contributed by atoms with Crippen molar-refractivity contribution in [2.75, 3.05) is 29.9 Å². The Hall–Kier alpha value is -1.40. The van der Waals surface area contributed by atoms with Crippen LogP contribution in [-0.4, -0.2) is 52.0 Å². The predicted octanol–water partition coefficient (Wildman–Crippen LogP) is 0.0670. The van der Waals surface area contributed by atoms with Gasteiger partial charge >= 0.3 is 0 Å². The zero-order valence-electron chi connectivity index (χ0n) is 11.0. The third-order valence-electron chi connectivity index (χ3n) is 3.13. The van der Waals surface area contributed by atoms with Crippen LogP contribution < -0.4 is 10.2 Å². The van der Waals surface area contributed by atoms with E-state index in [0.717, 1.165) is 23.7 Å². The summed E-state index contributed by atoms with van der Waals surface area (Å²) in [5, 5.41) is 22.4. The Kier molecular flexibility index (Phi) is 3.68. The van der Waals surface area contributed by atoms with E-state index in [1.807, 2.05) is 25.7 Å². The van der Waals surface area contributed by atoms with Gasteiger partial charge in [-0.15, -0.1) is 0 Å². The lowest BCUT2D eigenvalue weighted by Crippen LogP contribution is -2.24. The molecule has 18 heavy (non-hydrogen) atoms. The number of rotatable bonds is 3. The second kappa shape index (κ2) is 5.07. The number of aromatic nitrogens is 2. The van der Waals surface area contributed by atoms with Gasteiger partial charge in [-0.05, 0) is 20.8 Å². The zero-order chi connectivity index (χ0) is 13.3. The molecular formula is C12H20N4O2. The van der Waals surface area contributed by atoms with Gasteiger partial charge in [-0.2, -0.15) is 0 Å². The van der Waals surface area contributed by atoms with Crippen molar-refractivity contribution in [3.63, 3.8) is 0 Å². The summed E-state index contributed by atoms with van der Waals surface area (Å²) in [6.45, 7) is 7.41. The largest absolute Gasteiger partial charge is 0.389 e. The number of aliphatic hydroxyl groups is 2. The fraction of sp³-hybridized carbons (Fsp3) is 0.667. The molecule has 0 amide bonds. The fourth-order valence-electron chi connectivity index (χ4n) is 2.20. The number of anilines is 2. The molecule has 1 aromatic heterocycles. The molecule has 3 N–H and O–H groups in total. The van der Waals surface area contributed by atoms with Crippen molar-refractivity contribution in [2.24, 2.45) is 0 Å². The second-order valence-electron chi connectivity index (χ2n) is 4.64. The van der Waals surface area contributed by atoms with Gasteiger partial charge in [0.15, 0.2) is 0 Å². The molecule has 0 aromatic carbocycles. The lowest BCUT2D eigenvalue weighted by Gasteiger charge is -2.21. The fourth-order valence-corrected chi connectivity index (χ4v) is 2.20. The first kappa shape index (κ1) is 13.0. The maximum Gasteiger partial charge on any atom is 0.137 e. The van der Waals surface area contributed by atoms with E-state index in [1.54, 1.807) is 0 Å². The normalized spacial score (nSPS) is 23.5. The van der Waals surface area contributed by atoms with Gasteiger partial charge in [0.1, 0.15) is 17.5 Å². The standard InChI is InChI=1S/C12H20N4O2/c1-4-13-11-7(2)12(15-8(3)14-11)16-5-9(17)10(18)6-16/h9-10,17-18H,4-6H2,1-3H3,(H,13,14,15). The minimum Gasteiger partial charge on any atom is -0.389 e. The summed E-state index contributed by atoms with van der Waals surface area (Å²) in [5.74, 6) is 2.28. The minimum absolute atomic E-state index is 0.407. The Morgan fingerprint density at radius 3 is 2.39 bits per heavy atom. The SMILES string of the molecule is CCNc1nc(C)nc(N2CC(O)C(O)C2)c1C. The van der Waals surface area contributed by atoms with E-state index in [2.05, 4.69) is 15.3 Å². The summed E-state index contributed by atoms with van der Waals surface area (Å²) in [6.07, 6.45) is -1.41. The lowest BCUT2D eigenvalue weighted by molar-refractivity contribution is 0.0572. The highest BCUT2D eigenvalue weighted by atomic mass is 16.3. The van der Waals surface area contributed by atoms with Gasteiger partial charge in [0.05, 0.1) is 12.2 Å². The highest BCUT2D eigenvalue weighted by Crippen LogP contribution is 2.26. The van der Waals surface area contributed by atoms with Crippen LogP contribution in [-0.2, 0) is 0 Å². The molecule has 6 nitrogen and oxygen atoms in total. The number of nitrogens with one attached hydrogen (secondary N) is 1. The Morgan fingerprint density at radius 2 is 1.83 bits per heavy atom. The maximum absolute atomic E-state index is 9.61. The zero-order valence-corrected chi connectivity index (χ0v) is 11.0. The average molecular weight is 252 g/mol. The number of hydrogen-bond acceptors (Lipinski definition) is 6. The third-order valence-corrected chi connectivity index (χ3v) is 3.13. The second-order valence-corrected chi connectivity index (χ2v) is 4.64. The minimum atomic E-state index is -0.706. The molecule has 1 aliphatic heterocycles. The topological polar surface area (TPSA) is 81.5 Å². The van der Waals surface area contributed by atoms with Crippen molar-refractivity contribution in [1.82, 2.24) is 9.97 Å². The Morgan fingerprint density at radius 1 is 1.22 bits per heavy atom. The van der Waals surface area contributed by atoms with Crippen molar-refractivity contribution in [3.05, 3.63) is 11.4 Å². The first-order valence-corrected chi connectivity index (χ1v) is 6.23. The van der Waals surface area contributed by atoms with E-state index in [0.29, 0.717) is 18.9 Å². The van der Waals surface area contributed by atoms with Crippen LogP contribution in [0.15, 0.2) is 0 Å². The maximum atomic E-state index is 9.61.